The fourth-order valence-corrected chi connectivity index (χ4v) is 7.93. The lowest BCUT2D eigenvalue weighted by Gasteiger charge is -2.44. The van der Waals surface area contributed by atoms with Crippen molar-refractivity contribution in [2.75, 3.05) is 19.6 Å². The number of pyridine rings is 1. The number of hydrogen-bond donors (Lipinski definition) is 2. The molecule has 2 bridgehead atoms. The van der Waals surface area contributed by atoms with Gasteiger partial charge in [-0.15, -0.1) is 0 Å². The molecule has 0 saturated carbocycles. The Morgan fingerprint density at radius 2 is 1.69 bits per heavy atom. The van der Waals surface area contributed by atoms with E-state index >= 15 is 4.39 Å². The first-order chi connectivity index (χ1) is 26.3. The number of benzene rings is 3. The SMILES string of the molecule is CC(C)Oc1cc([C@H](Cc2c(Cl)c[n+]([O-])cc2Cl)c2cc(CNC(C(=O)O[C@H]3CN4CCC3CC4)c3ccccc3F)ccc2C(=O)O)ccc1OC(F)F. The second-order valence-electron chi connectivity index (χ2n) is 14.0. The van der Waals surface area contributed by atoms with Crippen LogP contribution in [-0.2, 0) is 22.5 Å². The van der Waals surface area contributed by atoms with Crippen LogP contribution in [0.1, 0.15) is 76.8 Å². The normalized spacial score (nSPS) is 19.0. The largest absolute Gasteiger partial charge is 0.619 e. The third-order valence-corrected chi connectivity index (χ3v) is 10.6. The Morgan fingerprint density at radius 1 is 0.982 bits per heavy atom. The Labute approximate surface area is 326 Å². The Morgan fingerprint density at radius 3 is 2.31 bits per heavy atom. The van der Waals surface area contributed by atoms with Gasteiger partial charge >= 0.3 is 18.6 Å². The summed E-state index contributed by atoms with van der Waals surface area (Å²) in [5, 5.41) is 25.7. The van der Waals surface area contributed by atoms with E-state index in [1.54, 1.807) is 32.0 Å². The molecule has 4 aromatic rings. The van der Waals surface area contributed by atoms with E-state index in [-0.39, 0.29) is 63.2 Å². The van der Waals surface area contributed by atoms with Crippen molar-refractivity contribution in [3.63, 3.8) is 0 Å². The maximum Gasteiger partial charge on any atom is 0.387 e. The predicted octanol–water partition coefficient (Wildman–Crippen LogP) is 7.70. The van der Waals surface area contributed by atoms with E-state index in [2.05, 4.69) is 10.2 Å². The summed E-state index contributed by atoms with van der Waals surface area (Å²) in [5.41, 5.74) is 1.56. The highest BCUT2D eigenvalue weighted by Crippen LogP contribution is 2.40. The highest BCUT2D eigenvalue weighted by molar-refractivity contribution is 6.35. The van der Waals surface area contributed by atoms with Gasteiger partial charge in [0.25, 0.3) is 0 Å². The molecule has 3 aromatic carbocycles. The van der Waals surface area contributed by atoms with Crippen molar-refractivity contribution in [2.45, 2.75) is 70.4 Å². The molecular weight excluding hydrogens is 762 g/mol. The summed E-state index contributed by atoms with van der Waals surface area (Å²) in [4.78, 5) is 28.8. The van der Waals surface area contributed by atoms with Crippen LogP contribution in [0.4, 0.5) is 13.2 Å². The molecule has 10 nitrogen and oxygen atoms in total. The molecule has 1 aromatic heterocycles. The first-order valence-electron chi connectivity index (χ1n) is 17.9. The topological polar surface area (TPSA) is 124 Å². The van der Waals surface area contributed by atoms with Gasteiger partial charge < -0.3 is 24.5 Å². The number of ether oxygens (including phenoxy) is 3. The second kappa shape index (κ2) is 17.5. The van der Waals surface area contributed by atoms with Gasteiger partial charge in [-0.3, -0.25) is 10.2 Å². The smallest absolute Gasteiger partial charge is 0.387 e. The predicted molar refractivity (Wildman–Crippen MR) is 198 cm³/mol. The van der Waals surface area contributed by atoms with E-state index < -0.39 is 42.4 Å². The number of alkyl halides is 2. The number of carboxylic acids is 1. The van der Waals surface area contributed by atoms with E-state index in [4.69, 9.17) is 37.4 Å². The van der Waals surface area contributed by atoms with Crippen molar-refractivity contribution in [3.05, 3.63) is 128 Å². The van der Waals surface area contributed by atoms with Gasteiger partial charge in [-0.2, -0.15) is 13.5 Å². The molecule has 7 rings (SSSR count). The van der Waals surface area contributed by atoms with Gasteiger partial charge in [0.05, 0.1) is 11.7 Å². The van der Waals surface area contributed by atoms with E-state index in [9.17, 15) is 28.7 Å². The average molecular weight is 803 g/mol. The fraction of sp³-hybridized carbons (Fsp3) is 0.375. The monoisotopic (exact) mass is 801 g/mol. The van der Waals surface area contributed by atoms with Gasteiger partial charge in [-0.1, -0.05) is 59.6 Å². The summed E-state index contributed by atoms with van der Waals surface area (Å²) >= 11 is 13.0. The Bertz CT molecular complexity index is 2010. The molecule has 2 N–H and O–H groups in total. The summed E-state index contributed by atoms with van der Waals surface area (Å²) in [6.45, 7) is 2.78. The van der Waals surface area contributed by atoms with Gasteiger partial charge in [-0.05, 0) is 93.1 Å². The van der Waals surface area contributed by atoms with Crippen molar-refractivity contribution in [2.24, 2.45) is 5.92 Å². The maximum atomic E-state index is 15.2. The highest BCUT2D eigenvalue weighted by atomic mass is 35.5. The molecule has 3 aliphatic rings. The van der Waals surface area contributed by atoms with Crippen molar-refractivity contribution in [3.8, 4) is 11.5 Å². The minimum atomic E-state index is -3.14. The average Bonchev–Trinajstić information content (AvgIpc) is 3.13. The van der Waals surface area contributed by atoms with Crippen molar-refractivity contribution >= 4 is 35.1 Å². The molecule has 3 fully saturated rings. The van der Waals surface area contributed by atoms with Gasteiger partial charge in [0.15, 0.2) is 23.9 Å². The molecule has 15 heteroatoms. The lowest BCUT2D eigenvalue weighted by molar-refractivity contribution is -0.605. The van der Waals surface area contributed by atoms with Crippen LogP contribution in [0.5, 0.6) is 11.5 Å². The lowest BCUT2D eigenvalue weighted by Crippen LogP contribution is -2.52. The van der Waals surface area contributed by atoms with Crippen molar-refractivity contribution in [1.82, 2.24) is 10.2 Å². The summed E-state index contributed by atoms with van der Waals surface area (Å²) in [6, 6.07) is 13.6. The standard InChI is InChI=1S/C40H40Cl2F3N3O7/c1-22(2)53-35-16-25(8-10-34(35)55-40(44)45)28(17-30-31(41)19-48(52)20-32(30)42)29-15-23(7-9-26(29)38(49)50)18-46-37(27-5-3-4-6-33(27)43)39(51)54-36-21-47-13-11-24(36)12-14-47/h3-10,15-16,19-20,22,24,28,36-37,40,46H,11-14,17-18,21H2,1-2H3,(H,49,50)/t28-,36-,37?/m0/s1. The van der Waals surface area contributed by atoms with Gasteiger partial charge in [0.1, 0.15) is 28.0 Å². The van der Waals surface area contributed by atoms with Gasteiger partial charge in [0, 0.05) is 30.1 Å². The van der Waals surface area contributed by atoms with Gasteiger partial charge in [-0.25, -0.2) is 14.0 Å². The number of esters is 1. The highest BCUT2D eigenvalue weighted by Gasteiger charge is 2.38. The van der Waals surface area contributed by atoms with Crippen LogP contribution < -0.4 is 19.5 Å². The minimum Gasteiger partial charge on any atom is -0.619 e. The zero-order chi connectivity index (χ0) is 39.4. The van der Waals surface area contributed by atoms with E-state index in [0.29, 0.717) is 28.0 Å². The third-order valence-electron chi connectivity index (χ3n) is 9.96. The number of nitrogens with one attached hydrogen (secondary N) is 1. The molecule has 0 radical (unpaired) electrons. The van der Waals surface area contributed by atoms with Crippen LogP contribution in [0.2, 0.25) is 10.0 Å². The van der Waals surface area contributed by atoms with E-state index in [1.165, 1.54) is 42.5 Å². The number of hydrogen-bond acceptors (Lipinski definition) is 8. The number of rotatable bonds is 15. The van der Waals surface area contributed by atoms with Crippen LogP contribution >= 0.6 is 23.2 Å². The summed E-state index contributed by atoms with van der Waals surface area (Å²) in [6.07, 6.45) is 3.27. The van der Waals surface area contributed by atoms with Crippen molar-refractivity contribution in [1.29, 1.82) is 0 Å². The minimum absolute atomic E-state index is 0.00983. The molecule has 55 heavy (non-hydrogen) atoms. The van der Waals surface area contributed by atoms with Crippen LogP contribution in [0.25, 0.3) is 0 Å². The van der Waals surface area contributed by atoms with Gasteiger partial charge in [0.2, 0.25) is 0 Å². The number of fused-ring (bicyclic) bond motifs is 3. The zero-order valence-electron chi connectivity index (χ0n) is 30.0. The van der Waals surface area contributed by atoms with E-state index in [1.807, 2.05) is 0 Å². The number of halogens is 5. The fourth-order valence-electron chi connectivity index (χ4n) is 7.33. The molecule has 0 spiro atoms. The van der Waals surface area contributed by atoms with Crippen LogP contribution in [0, 0.1) is 16.9 Å². The molecule has 292 valence electrons. The van der Waals surface area contributed by atoms with Crippen LogP contribution in [0.15, 0.2) is 73.1 Å². The third kappa shape index (κ3) is 9.64. The molecule has 0 amide bonds. The molecule has 1 unspecified atom stereocenters. The lowest BCUT2D eigenvalue weighted by atomic mass is 9.82. The number of nitrogens with zero attached hydrogens (tertiary/aromatic N) is 2. The first-order valence-corrected chi connectivity index (χ1v) is 18.6. The zero-order valence-corrected chi connectivity index (χ0v) is 31.5. The Balaban J connectivity index is 1.39. The molecule has 3 aliphatic heterocycles. The molecule has 3 saturated heterocycles. The maximum absolute atomic E-state index is 15.2. The summed E-state index contributed by atoms with van der Waals surface area (Å²) in [5.74, 6) is -3.35. The Kier molecular flexibility index (Phi) is 12.8. The summed E-state index contributed by atoms with van der Waals surface area (Å²) < 4.78 is 59.0. The number of carboxylic acid groups (broad SMARTS) is 1. The first kappa shape index (κ1) is 40.1. The Hall–Kier alpha value is -4.56. The number of aromatic carboxylic acids is 1. The molecule has 4 heterocycles. The summed E-state index contributed by atoms with van der Waals surface area (Å²) in [7, 11) is 0. The van der Waals surface area contributed by atoms with E-state index in [0.717, 1.165) is 38.3 Å². The van der Waals surface area contributed by atoms with Crippen LogP contribution in [0.3, 0.4) is 0 Å². The number of aromatic nitrogens is 1. The molecular formula is C40H40Cl2F3N3O7. The molecule has 0 aliphatic carbocycles. The number of carbonyl (C=O) groups excluding carboxylic acids is 1. The second-order valence-corrected chi connectivity index (χ2v) is 14.8. The van der Waals surface area contributed by atoms with Crippen LogP contribution in [-0.4, -0.2) is 60.4 Å². The number of carbonyl (C=O) groups is 2. The molecule has 3 atom stereocenters. The van der Waals surface area contributed by atoms with Crippen molar-refractivity contribution < 1.29 is 46.8 Å². The number of piperidine rings is 3. The quantitative estimate of drug-likeness (QED) is 0.0708.